The predicted octanol–water partition coefficient (Wildman–Crippen LogP) is 3.75. The van der Waals surface area contributed by atoms with E-state index in [1.165, 1.54) is 31.9 Å². The van der Waals surface area contributed by atoms with Crippen LogP contribution in [0.2, 0.25) is 0 Å². The summed E-state index contributed by atoms with van der Waals surface area (Å²) in [6.45, 7) is 4.47. The molecule has 3 heteroatoms. The Bertz CT molecular complexity index is 377. The molecule has 1 rings (SSSR count). The summed E-state index contributed by atoms with van der Waals surface area (Å²) >= 11 is 0. The molecule has 0 aliphatic carbocycles. The molecule has 0 radical (unpaired) electrons. The molecule has 0 amide bonds. The van der Waals surface area contributed by atoms with E-state index in [4.69, 9.17) is 0 Å². The van der Waals surface area contributed by atoms with Crippen LogP contribution in [-0.4, -0.2) is 16.4 Å². The molecule has 0 fully saturated rings. The number of aromatic nitrogens is 1. The molecule has 1 atom stereocenters. The average Bonchev–Trinajstić information content (AvgIpc) is 2.38. The lowest BCUT2D eigenvalue weighted by atomic mass is 9.97. The number of unbranched alkanes of at least 4 members (excludes halogenated alkanes) is 2. The molecular formula is C15H23NO2. The maximum absolute atomic E-state index is 10.7. The Morgan fingerprint density at radius 1 is 1.39 bits per heavy atom. The highest BCUT2D eigenvalue weighted by Crippen LogP contribution is 2.18. The van der Waals surface area contributed by atoms with Crippen molar-refractivity contribution in [2.45, 2.75) is 52.4 Å². The van der Waals surface area contributed by atoms with Crippen molar-refractivity contribution in [3.05, 3.63) is 23.5 Å². The summed E-state index contributed by atoms with van der Waals surface area (Å²) < 4.78 is 0. The van der Waals surface area contributed by atoms with Crippen LogP contribution >= 0.6 is 0 Å². The molecule has 1 aromatic heterocycles. The van der Waals surface area contributed by atoms with Crippen molar-refractivity contribution in [1.82, 2.24) is 4.98 Å². The Morgan fingerprint density at radius 3 is 2.83 bits per heavy atom. The van der Waals surface area contributed by atoms with Gasteiger partial charge in [-0.25, -0.2) is 0 Å². The van der Waals surface area contributed by atoms with Crippen LogP contribution in [-0.2, 0) is 6.42 Å². The molecule has 100 valence electrons. The number of hydrogen-bond donors (Lipinski definition) is 1. The average molecular weight is 249 g/mol. The quantitative estimate of drug-likeness (QED) is 0.564. The third-order valence-corrected chi connectivity index (χ3v) is 3.29. The van der Waals surface area contributed by atoms with Gasteiger partial charge < -0.3 is 5.11 Å². The normalized spacial score (nSPS) is 12.3. The first-order chi connectivity index (χ1) is 8.67. The van der Waals surface area contributed by atoms with Gasteiger partial charge in [0.15, 0.2) is 6.29 Å². The summed E-state index contributed by atoms with van der Waals surface area (Å²) in [5.74, 6) is 0.650. The van der Waals surface area contributed by atoms with Crippen molar-refractivity contribution in [2.75, 3.05) is 0 Å². The lowest BCUT2D eigenvalue weighted by Gasteiger charge is -2.10. The lowest BCUT2D eigenvalue weighted by molar-refractivity contribution is 0.112. The lowest BCUT2D eigenvalue weighted by Crippen LogP contribution is -2.00. The number of aldehydes is 1. The van der Waals surface area contributed by atoms with Crippen molar-refractivity contribution in [2.24, 2.45) is 5.92 Å². The molecule has 0 aromatic carbocycles. The van der Waals surface area contributed by atoms with E-state index in [9.17, 15) is 9.90 Å². The fraction of sp³-hybridized carbons (Fsp3) is 0.600. The van der Waals surface area contributed by atoms with Crippen LogP contribution in [0.15, 0.2) is 12.3 Å². The second kappa shape index (κ2) is 7.85. The zero-order valence-corrected chi connectivity index (χ0v) is 11.4. The molecule has 3 nitrogen and oxygen atoms in total. The number of pyridine rings is 1. The molecule has 0 aliphatic rings. The fourth-order valence-corrected chi connectivity index (χ4v) is 2.02. The standard InChI is InChI=1S/C15H23NO2/c1-3-4-5-6-12(2)7-8-14-9-13(11-17)15(18)10-16-14/h9-12,18H,3-8H2,1-2H3. The van der Waals surface area contributed by atoms with Crippen LogP contribution in [0, 0.1) is 5.92 Å². The second-order valence-electron chi connectivity index (χ2n) is 4.99. The first kappa shape index (κ1) is 14.7. The molecule has 1 N–H and O–H groups in total. The van der Waals surface area contributed by atoms with Crippen LogP contribution in [0.3, 0.4) is 0 Å². The Kier molecular flexibility index (Phi) is 6.40. The minimum Gasteiger partial charge on any atom is -0.506 e. The van der Waals surface area contributed by atoms with E-state index in [1.54, 1.807) is 6.07 Å². The van der Waals surface area contributed by atoms with Gasteiger partial charge in [0.05, 0.1) is 11.8 Å². The first-order valence-corrected chi connectivity index (χ1v) is 6.80. The molecule has 0 saturated carbocycles. The molecule has 0 saturated heterocycles. The number of nitrogens with zero attached hydrogens (tertiary/aromatic N) is 1. The molecule has 1 heterocycles. The Morgan fingerprint density at radius 2 is 2.17 bits per heavy atom. The van der Waals surface area contributed by atoms with Gasteiger partial charge in [0.2, 0.25) is 0 Å². The summed E-state index contributed by atoms with van der Waals surface area (Å²) in [7, 11) is 0. The van der Waals surface area contributed by atoms with Gasteiger partial charge in [-0.05, 0) is 24.8 Å². The highest BCUT2D eigenvalue weighted by atomic mass is 16.3. The second-order valence-corrected chi connectivity index (χ2v) is 4.99. The van der Waals surface area contributed by atoms with E-state index in [2.05, 4.69) is 18.8 Å². The molecule has 1 aromatic rings. The molecule has 18 heavy (non-hydrogen) atoms. The van der Waals surface area contributed by atoms with Crippen LogP contribution in [0.25, 0.3) is 0 Å². The zero-order chi connectivity index (χ0) is 13.4. The van der Waals surface area contributed by atoms with Gasteiger partial charge in [-0.3, -0.25) is 9.78 Å². The summed E-state index contributed by atoms with van der Waals surface area (Å²) in [6.07, 6.45) is 9.10. The Balaban J connectivity index is 2.40. The monoisotopic (exact) mass is 249 g/mol. The summed E-state index contributed by atoms with van der Waals surface area (Å²) in [5, 5.41) is 9.36. The third kappa shape index (κ3) is 4.86. The van der Waals surface area contributed by atoms with E-state index in [1.807, 2.05) is 0 Å². The largest absolute Gasteiger partial charge is 0.506 e. The number of hydrogen-bond acceptors (Lipinski definition) is 3. The predicted molar refractivity (Wildman–Crippen MR) is 72.9 cm³/mol. The SMILES string of the molecule is CCCCCC(C)CCc1cc(C=O)c(O)cn1. The van der Waals surface area contributed by atoms with Crippen LogP contribution < -0.4 is 0 Å². The van der Waals surface area contributed by atoms with Crippen molar-refractivity contribution < 1.29 is 9.90 Å². The van der Waals surface area contributed by atoms with E-state index in [-0.39, 0.29) is 5.75 Å². The van der Waals surface area contributed by atoms with Gasteiger partial charge in [0.1, 0.15) is 5.75 Å². The third-order valence-electron chi connectivity index (χ3n) is 3.29. The minimum atomic E-state index is -0.0373. The van der Waals surface area contributed by atoms with Gasteiger partial charge in [-0.1, -0.05) is 39.5 Å². The Labute approximate surface area is 109 Å². The van der Waals surface area contributed by atoms with Gasteiger partial charge in [0, 0.05) is 5.69 Å². The topological polar surface area (TPSA) is 50.2 Å². The van der Waals surface area contributed by atoms with Gasteiger partial charge in [0.25, 0.3) is 0 Å². The van der Waals surface area contributed by atoms with Crippen LogP contribution in [0.4, 0.5) is 0 Å². The minimum absolute atomic E-state index is 0.0373. The molecule has 0 spiro atoms. The summed E-state index contributed by atoms with van der Waals surface area (Å²) in [4.78, 5) is 14.9. The molecule has 1 unspecified atom stereocenters. The van der Waals surface area contributed by atoms with Crippen molar-refractivity contribution in [1.29, 1.82) is 0 Å². The van der Waals surface area contributed by atoms with Gasteiger partial charge in [-0.15, -0.1) is 0 Å². The fourth-order valence-electron chi connectivity index (χ4n) is 2.02. The molecule has 0 bridgehead atoms. The van der Waals surface area contributed by atoms with Gasteiger partial charge in [-0.2, -0.15) is 0 Å². The van der Waals surface area contributed by atoms with Crippen LogP contribution in [0.1, 0.15) is 62.0 Å². The van der Waals surface area contributed by atoms with Crippen molar-refractivity contribution in [3.63, 3.8) is 0 Å². The number of carbonyl (C=O) groups is 1. The highest BCUT2D eigenvalue weighted by molar-refractivity contribution is 5.78. The number of carbonyl (C=O) groups excluding carboxylic acids is 1. The van der Waals surface area contributed by atoms with E-state index in [0.29, 0.717) is 17.8 Å². The highest BCUT2D eigenvalue weighted by Gasteiger charge is 2.06. The Hall–Kier alpha value is -1.38. The van der Waals surface area contributed by atoms with E-state index < -0.39 is 0 Å². The van der Waals surface area contributed by atoms with Crippen LogP contribution in [0.5, 0.6) is 5.75 Å². The maximum atomic E-state index is 10.7. The van der Waals surface area contributed by atoms with Crippen molar-refractivity contribution in [3.8, 4) is 5.75 Å². The number of aryl methyl sites for hydroxylation is 1. The summed E-state index contributed by atoms with van der Waals surface area (Å²) in [6, 6.07) is 1.68. The zero-order valence-electron chi connectivity index (χ0n) is 11.4. The molecule has 0 aliphatic heterocycles. The van der Waals surface area contributed by atoms with Gasteiger partial charge >= 0.3 is 0 Å². The molecular weight excluding hydrogens is 226 g/mol. The maximum Gasteiger partial charge on any atom is 0.153 e. The number of rotatable bonds is 8. The number of aromatic hydroxyl groups is 1. The van der Waals surface area contributed by atoms with Crippen molar-refractivity contribution >= 4 is 6.29 Å². The van der Waals surface area contributed by atoms with E-state index >= 15 is 0 Å². The van der Waals surface area contributed by atoms with E-state index in [0.717, 1.165) is 18.5 Å². The summed E-state index contributed by atoms with van der Waals surface area (Å²) in [5.41, 5.74) is 1.22. The smallest absolute Gasteiger partial charge is 0.153 e. The first-order valence-electron chi connectivity index (χ1n) is 6.80.